The van der Waals surface area contributed by atoms with Crippen LogP contribution in [-0.2, 0) is 23.3 Å². The standard InChI is InChI=1S/C7H6NO2.BrH.Zn/c1-6-2-4-7(5-3-6)8(9)10;;/h2-5H,1H2;1H;/q;;+1/p-1. The first kappa shape index (κ1) is 11.7. The van der Waals surface area contributed by atoms with E-state index in [9.17, 15) is 10.1 Å². The second-order valence-corrected chi connectivity index (χ2v) is 3.22. The molecule has 0 bridgehead atoms. The van der Waals surface area contributed by atoms with Gasteiger partial charge in [0.05, 0.1) is 0 Å². The fourth-order valence-corrected chi connectivity index (χ4v) is 1.48. The molecule has 1 rings (SSSR count). The van der Waals surface area contributed by atoms with Gasteiger partial charge in [0.25, 0.3) is 0 Å². The Balaban J connectivity index is 0.00000121. The molecule has 0 heterocycles. The molecule has 12 heavy (non-hydrogen) atoms. The molecular formula is C7H6BrNO2Zn. The monoisotopic (exact) mass is 279 g/mol. The summed E-state index contributed by atoms with van der Waals surface area (Å²) < 4.78 is 0. The van der Waals surface area contributed by atoms with Crippen LogP contribution in [0.4, 0.5) is 5.69 Å². The van der Waals surface area contributed by atoms with Crippen LogP contribution in [0.15, 0.2) is 24.3 Å². The van der Waals surface area contributed by atoms with Crippen LogP contribution in [-0.4, -0.2) is 4.92 Å². The van der Waals surface area contributed by atoms with Gasteiger partial charge < -0.3 is 17.0 Å². The van der Waals surface area contributed by atoms with E-state index < -0.39 is 0 Å². The molecule has 0 aromatic heterocycles. The molecule has 1 aromatic carbocycles. The smallest absolute Gasteiger partial charge is 1.00 e. The van der Waals surface area contributed by atoms with E-state index >= 15 is 0 Å². The first-order chi connectivity index (χ1) is 5.24. The van der Waals surface area contributed by atoms with Crippen LogP contribution in [0.1, 0.15) is 5.56 Å². The van der Waals surface area contributed by atoms with Crippen molar-refractivity contribution in [1.29, 1.82) is 0 Å². The summed E-state index contributed by atoms with van der Waals surface area (Å²) >= 11 is 1.19. The maximum Gasteiger partial charge on any atom is -1.00 e. The fraction of sp³-hybridized carbons (Fsp3) is 0.143. The Bertz CT molecular complexity index is 263. The van der Waals surface area contributed by atoms with Crippen LogP contribution < -0.4 is 17.0 Å². The van der Waals surface area contributed by atoms with Crippen molar-refractivity contribution in [3.05, 3.63) is 39.9 Å². The number of rotatable bonds is 2. The molecule has 0 saturated heterocycles. The van der Waals surface area contributed by atoms with Crippen LogP contribution in [0, 0.1) is 10.1 Å². The number of halogens is 1. The van der Waals surface area contributed by atoms with Gasteiger partial charge >= 0.3 is 73.9 Å². The number of hydrogen-bond donors (Lipinski definition) is 0. The summed E-state index contributed by atoms with van der Waals surface area (Å²) in [7, 11) is 0. The van der Waals surface area contributed by atoms with Crippen LogP contribution in [0.3, 0.4) is 0 Å². The Labute approximate surface area is 90.8 Å². The number of nitrogens with zero attached hydrogens (tertiary/aromatic N) is 1. The largest absolute Gasteiger partial charge is 1.00 e. The molecule has 5 heteroatoms. The zero-order chi connectivity index (χ0) is 8.27. The zero-order valence-corrected chi connectivity index (χ0v) is 10.9. The molecule has 0 unspecified atom stereocenters. The number of benzene rings is 1. The summed E-state index contributed by atoms with van der Waals surface area (Å²) in [6, 6.07) is 6.71. The van der Waals surface area contributed by atoms with Gasteiger partial charge in [-0.05, 0) is 0 Å². The molecule has 1 aromatic rings. The Kier molecular flexibility index (Phi) is 5.26. The molecule has 60 valence electrons. The Morgan fingerprint density at radius 1 is 1.33 bits per heavy atom. The predicted octanol–water partition coefficient (Wildman–Crippen LogP) is -1.35. The fourth-order valence-electron chi connectivity index (χ4n) is 0.784. The van der Waals surface area contributed by atoms with Crippen LogP contribution >= 0.6 is 0 Å². The van der Waals surface area contributed by atoms with E-state index in [0.29, 0.717) is 0 Å². The third-order valence-corrected chi connectivity index (χ3v) is 2.65. The van der Waals surface area contributed by atoms with Gasteiger partial charge in [-0.2, -0.15) is 0 Å². The van der Waals surface area contributed by atoms with E-state index in [0.717, 1.165) is 5.02 Å². The summed E-state index contributed by atoms with van der Waals surface area (Å²) in [4.78, 5) is 9.83. The van der Waals surface area contributed by atoms with E-state index in [-0.39, 0.29) is 27.6 Å². The number of non-ortho nitro benzene ring substituents is 1. The Morgan fingerprint density at radius 2 is 1.83 bits per heavy atom. The Hall–Kier alpha value is -0.277. The Morgan fingerprint density at radius 3 is 2.17 bits per heavy atom. The minimum atomic E-state index is -0.379. The van der Waals surface area contributed by atoms with Gasteiger partial charge in [0.2, 0.25) is 0 Å². The third kappa shape index (κ3) is 2.99. The molecule has 0 aliphatic rings. The molecule has 0 radical (unpaired) electrons. The summed E-state index contributed by atoms with van der Waals surface area (Å²) in [5, 5.41) is 11.3. The normalized spacial score (nSPS) is 8.83. The molecule has 0 saturated carbocycles. The van der Waals surface area contributed by atoms with Crippen molar-refractivity contribution in [2.75, 3.05) is 0 Å². The van der Waals surface area contributed by atoms with Gasteiger partial charge in [-0.3, -0.25) is 0 Å². The minimum Gasteiger partial charge on any atom is -1.00 e. The van der Waals surface area contributed by atoms with Crippen molar-refractivity contribution in [3.63, 3.8) is 0 Å². The first-order valence-electron chi connectivity index (χ1n) is 3.26. The van der Waals surface area contributed by atoms with Gasteiger partial charge in [0.15, 0.2) is 0 Å². The first-order valence-corrected chi connectivity index (χ1v) is 5.36. The van der Waals surface area contributed by atoms with Crippen molar-refractivity contribution in [2.24, 2.45) is 0 Å². The van der Waals surface area contributed by atoms with Gasteiger partial charge in [-0.1, -0.05) is 0 Å². The SMILES string of the molecule is O=[N+]([O-])c1ccc([CH2][Zn+])cc1.[Br-]. The number of hydrogen-bond acceptors (Lipinski definition) is 2. The molecular weight excluding hydrogens is 275 g/mol. The second-order valence-electron chi connectivity index (χ2n) is 2.17. The second kappa shape index (κ2) is 5.38. The third-order valence-electron chi connectivity index (χ3n) is 1.44. The van der Waals surface area contributed by atoms with Gasteiger partial charge in [0, 0.05) is 0 Å². The van der Waals surface area contributed by atoms with Gasteiger partial charge in [-0.25, -0.2) is 0 Å². The minimum absolute atomic E-state index is 0. The van der Waals surface area contributed by atoms with Crippen molar-refractivity contribution >= 4 is 5.69 Å². The molecule has 0 aliphatic carbocycles. The number of nitro groups is 1. The van der Waals surface area contributed by atoms with E-state index in [1.807, 2.05) is 12.1 Å². The molecule has 0 N–H and O–H groups in total. The molecule has 0 amide bonds. The molecule has 0 fully saturated rings. The molecule has 3 nitrogen and oxygen atoms in total. The van der Waals surface area contributed by atoms with E-state index in [1.54, 1.807) is 12.1 Å². The average molecular weight is 281 g/mol. The summed E-state index contributed by atoms with van der Waals surface area (Å²) in [5.74, 6) is 0. The van der Waals surface area contributed by atoms with Gasteiger partial charge in [-0.15, -0.1) is 0 Å². The molecule has 0 atom stereocenters. The van der Waals surface area contributed by atoms with E-state index in [4.69, 9.17) is 0 Å². The van der Waals surface area contributed by atoms with Crippen LogP contribution in [0.5, 0.6) is 0 Å². The van der Waals surface area contributed by atoms with Crippen LogP contribution in [0.2, 0.25) is 0 Å². The van der Waals surface area contributed by atoms with Crippen LogP contribution in [0.25, 0.3) is 0 Å². The molecule has 0 aliphatic heterocycles. The summed E-state index contributed by atoms with van der Waals surface area (Å²) in [5.41, 5.74) is 1.35. The maximum absolute atomic E-state index is 10.2. The zero-order valence-electron chi connectivity index (χ0n) is 6.37. The van der Waals surface area contributed by atoms with Gasteiger partial charge in [0.1, 0.15) is 0 Å². The van der Waals surface area contributed by atoms with Crippen molar-refractivity contribution in [2.45, 2.75) is 5.02 Å². The van der Waals surface area contributed by atoms with Crippen molar-refractivity contribution < 1.29 is 40.2 Å². The summed E-state index contributed by atoms with van der Waals surface area (Å²) in [6.45, 7) is 0. The maximum atomic E-state index is 10.2. The van der Waals surface area contributed by atoms with Crippen molar-refractivity contribution in [1.82, 2.24) is 0 Å². The predicted molar refractivity (Wildman–Crippen MR) is 36.8 cm³/mol. The van der Waals surface area contributed by atoms with Crippen molar-refractivity contribution in [3.8, 4) is 0 Å². The topological polar surface area (TPSA) is 43.1 Å². The quantitative estimate of drug-likeness (QED) is 0.382. The summed E-state index contributed by atoms with van der Waals surface area (Å²) in [6.07, 6.45) is 0. The average Bonchev–Trinajstić information content (AvgIpc) is 2.05. The van der Waals surface area contributed by atoms with E-state index in [1.165, 1.54) is 23.9 Å². The molecule has 0 spiro atoms. The van der Waals surface area contributed by atoms with E-state index in [2.05, 4.69) is 0 Å². The number of nitro benzene ring substituents is 1.